The van der Waals surface area contributed by atoms with Gasteiger partial charge in [0.2, 0.25) is 0 Å². The summed E-state index contributed by atoms with van der Waals surface area (Å²) in [7, 11) is 0. The zero-order chi connectivity index (χ0) is 37.4. The lowest BCUT2D eigenvalue weighted by molar-refractivity contribution is -0.187. The SMILES string of the molecule is CC1CCC2C(C1)OC1CC(C)CC3C4CC(c5cccc(-c6cccc(C7CCC8C(C7)C7CC(C)CC9OC%10CC(C)CCC%10N8C97)c6)c5)CCC4N2C13. The molecule has 2 aromatic carbocycles. The molecule has 2 aromatic rings. The minimum absolute atomic E-state index is 0.477. The van der Waals surface area contributed by atoms with Gasteiger partial charge >= 0.3 is 0 Å². The molecule has 4 aliphatic heterocycles. The van der Waals surface area contributed by atoms with Crippen LogP contribution in [-0.2, 0) is 9.47 Å². The molecule has 302 valence electrons. The van der Waals surface area contributed by atoms with Crippen molar-refractivity contribution in [1.29, 1.82) is 0 Å². The number of benzene rings is 2. The number of hydrogen-bond acceptors (Lipinski definition) is 4. The zero-order valence-corrected chi connectivity index (χ0v) is 35.2. The van der Waals surface area contributed by atoms with Gasteiger partial charge in [-0.05, 0) is 184 Å². The number of fused-ring (bicyclic) bond motifs is 10. The summed E-state index contributed by atoms with van der Waals surface area (Å²) in [6, 6.07) is 24.2. The maximum absolute atomic E-state index is 7.09. The van der Waals surface area contributed by atoms with Gasteiger partial charge < -0.3 is 9.47 Å². The number of nitrogens with zero attached hydrogens (tertiary/aromatic N) is 2. The topological polar surface area (TPSA) is 24.9 Å². The fraction of sp³-hybridized carbons (Fsp3) is 0.769. The lowest BCUT2D eigenvalue weighted by Gasteiger charge is -2.55. The fourth-order valence-electron chi connectivity index (χ4n) is 17.0. The molecule has 56 heavy (non-hydrogen) atoms. The van der Waals surface area contributed by atoms with Crippen molar-refractivity contribution in [3.63, 3.8) is 0 Å². The maximum Gasteiger partial charge on any atom is 0.0740 e. The first-order valence-electron chi connectivity index (χ1n) is 24.4. The number of hydrogen-bond donors (Lipinski definition) is 0. The smallest absolute Gasteiger partial charge is 0.0740 e. The van der Waals surface area contributed by atoms with E-state index in [0.29, 0.717) is 60.4 Å². The van der Waals surface area contributed by atoms with E-state index in [0.717, 1.165) is 59.4 Å². The normalized spacial score (nSPS) is 50.9. The van der Waals surface area contributed by atoms with E-state index in [2.05, 4.69) is 86.0 Å². The summed E-state index contributed by atoms with van der Waals surface area (Å²) in [4.78, 5) is 6.28. The molecule has 0 aromatic heterocycles. The second kappa shape index (κ2) is 13.9. The molecule has 6 aliphatic carbocycles. The Bertz CT molecular complexity index is 1650. The molecular formula is C52H72N2O2. The molecule has 10 fully saturated rings. The van der Waals surface area contributed by atoms with Gasteiger partial charge in [0.15, 0.2) is 0 Å². The van der Waals surface area contributed by atoms with Crippen LogP contribution in [-0.4, -0.2) is 70.5 Å². The van der Waals surface area contributed by atoms with Crippen molar-refractivity contribution in [3.8, 4) is 11.1 Å². The first-order chi connectivity index (χ1) is 27.3. The molecule has 0 bridgehead atoms. The third-order valence-electron chi connectivity index (χ3n) is 19.1. The minimum atomic E-state index is 0.477. The molecule has 0 amide bonds. The van der Waals surface area contributed by atoms with E-state index in [9.17, 15) is 0 Å². The van der Waals surface area contributed by atoms with Crippen LogP contribution in [0, 0.1) is 47.3 Å². The second-order valence-electron chi connectivity index (χ2n) is 22.5. The van der Waals surface area contributed by atoms with Gasteiger partial charge in [0.05, 0.1) is 24.4 Å². The van der Waals surface area contributed by atoms with E-state index in [-0.39, 0.29) is 0 Å². The summed E-state index contributed by atoms with van der Waals surface area (Å²) < 4.78 is 14.2. The monoisotopic (exact) mass is 757 g/mol. The quantitative estimate of drug-likeness (QED) is 0.311. The lowest BCUT2D eigenvalue weighted by atomic mass is 9.66. The Morgan fingerprint density at radius 3 is 1.30 bits per heavy atom. The van der Waals surface area contributed by atoms with Crippen molar-refractivity contribution >= 4 is 0 Å². The molecule has 4 saturated heterocycles. The average molecular weight is 757 g/mol. The van der Waals surface area contributed by atoms with Gasteiger partial charge in [0, 0.05) is 36.3 Å². The molecule has 10 aliphatic rings. The van der Waals surface area contributed by atoms with Gasteiger partial charge in [-0.15, -0.1) is 0 Å². The van der Waals surface area contributed by atoms with E-state index in [4.69, 9.17) is 9.47 Å². The van der Waals surface area contributed by atoms with Gasteiger partial charge in [-0.3, -0.25) is 9.80 Å². The van der Waals surface area contributed by atoms with Crippen molar-refractivity contribution in [2.75, 3.05) is 0 Å². The predicted octanol–water partition coefficient (Wildman–Crippen LogP) is 11.2. The molecule has 0 N–H and O–H groups in total. The molecule has 0 radical (unpaired) electrons. The van der Waals surface area contributed by atoms with Crippen LogP contribution in [0.1, 0.15) is 153 Å². The second-order valence-corrected chi connectivity index (χ2v) is 22.5. The maximum atomic E-state index is 7.09. The van der Waals surface area contributed by atoms with Crippen LogP contribution in [0.15, 0.2) is 48.5 Å². The number of ether oxygens (including phenoxy) is 2. The Kier molecular flexibility index (Phi) is 8.99. The molecular weight excluding hydrogens is 685 g/mol. The minimum Gasteiger partial charge on any atom is -0.372 e. The lowest BCUT2D eigenvalue weighted by Crippen LogP contribution is -2.64. The third kappa shape index (κ3) is 5.78. The molecule has 4 heterocycles. The van der Waals surface area contributed by atoms with Crippen LogP contribution in [0.2, 0.25) is 0 Å². The molecule has 12 rings (SSSR count). The molecule has 20 unspecified atom stereocenters. The van der Waals surface area contributed by atoms with E-state index in [1.54, 1.807) is 11.1 Å². The van der Waals surface area contributed by atoms with Crippen LogP contribution in [0.5, 0.6) is 0 Å². The third-order valence-corrected chi connectivity index (χ3v) is 19.1. The Balaban J connectivity index is 0.775. The predicted molar refractivity (Wildman–Crippen MR) is 226 cm³/mol. The molecule has 4 nitrogen and oxygen atoms in total. The van der Waals surface area contributed by atoms with Crippen molar-refractivity contribution in [3.05, 3.63) is 59.7 Å². The Hall–Kier alpha value is -1.72. The van der Waals surface area contributed by atoms with Crippen molar-refractivity contribution in [1.82, 2.24) is 9.80 Å². The molecule has 0 spiro atoms. The van der Waals surface area contributed by atoms with Gasteiger partial charge in [0.1, 0.15) is 0 Å². The summed E-state index contributed by atoms with van der Waals surface area (Å²) in [5.74, 6) is 7.95. The highest BCUT2D eigenvalue weighted by molar-refractivity contribution is 5.65. The van der Waals surface area contributed by atoms with E-state index in [1.807, 2.05) is 0 Å². The Morgan fingerprint density at radius 2 is 0.839 bits per heavy atom. The van der Waals surface area contributed by atoms with Crippen molar-refractivity contribution < 1.29 is 9.47 Å². The Labute approximate surface area is 339 Å². The molecule has 20 atom stereocenters. The number of morpholine rings is 2. The van der Waals surface area contributed by atoms with Crippen molar-refractivity contribution in [2.24, 2.45) is 47.3 Å². The highest BCUT2D eigenvalue weighted by Gasteiger charge is 2.62. The van der Waals surface area contributed by atoms with Gasteiger partial charge in [0.25, 0.3) is 0 Å². The largest absolute Gasteiger partial charge is 0.372 e. The van der Waals surface area contributed by atoms with Gasteiger partial charge in [-0.25, -0.2) is 0 Å². The van der Waals surface area contributed by atoms with Crippen LogP contribution in [0.25, 0.3) is 11.1 Å². The molecule has 4 heteroatoms. The van der Waals surface area contributed by atoms with Gasteiger partial charge in [-0.2, -0.15) is 0 Å². The summed E-state index contributed by atoms with van der Waals surface area (Å²) >= 11 is 0. The number of rotatable bonds is 3. The fourth-order valence-corrected chi connectivity index (χ4v) is 17.0. The summed E-state index contributed by atoms with van der Waals surface area (Å²) in [5.41, 5.74) is 6.11. The first kappa shape index (κ1) is 36.2. The van der Waals surface area contributed by atoms with Crippen LogP contribution < -0.4 is 0 Å². The standard InChI is InChI=1S/C52H72N2O2/c1-29-11-15-45-47(21-29)55-49-23-31(3)19-41-39-27-37(13-17-43(39)53(45)51(41)49)35-9-5-7-33(25-35)34-8-6-10-36(26-34)38-14-18-44-40(28-38)42-20-32(4)24-50-52(42)54(44)46-16-12-30(2)22-48(46)56-50/h5-10,25-26,29-32,37-52H,11-24,27-28H2,1-4H3. The summed E-state index contributed by atoms with van der Waals surface area (Å²) in [6.07, 6.45) is 23.7. The van der Waals surface area contributed by atoms with E-state index in [1.165, 1.54) is 114 Å². The highest BCUT2D eigenvalue weighted by atomic mass is 16.5. The summed E-state index contributed by atoms with van der Waals surface area (Å²) in [5, 5.41) is 0. The zero-order valence-electron chi connectivity index (χ0n) is 35.2. The Morgan fingerprint density at radius 1 is 0.411 bits per heavy atom. The highest BCUT2D eigenvalue weighted by Crippen LogP contribution is 2.59. The van der Waals surface area contributed by atoms with Gasteiger partial charge in [-0.1, -0.05) is 76.2 Å². The van der Waals surface area contributed by atoms with Crippen LogP contribution in [0.4, 0.5) is 0 Å². The average Bonchev–Trinajstić information content (AvgIpc) is 3.71. The van der Waals surface area contributed by atoms with E-state index < -0.39 is 0 Å². The van der Waals surface area contributed by atoms with Crippen LogP contribution in [0.3, 0.4) is 0 Å². The first-order valence-corrected chi connectivity index (χ1v) is 24.4. The van der Waals surface area contributed by atoms with Crippen molar-refractivity contribution in [2.45, 2.75) is 203 Å². The van der Waals surface area contributed by atoms with E-state index >= 15 is 0 Å². The molecule has 6 saturated carbocycles. The van der Waals surface area contributed by atoms with Crippen LogP contribution >= 0.6 is 0 Å². The summed E-state index contributed by atoms with van der Waals surface area (Å²) in [6.45, 7) is 9.99.